The Balaban J connectivity index is 2.16. The van der Waals surface area contributed by atoms with Crippen LogP contribution in [0.15, 0.2) is 23.8 Å². The zero-order valence-corrected chi connectivity index (χ0v) is 6.59. The van der Waals surface area contributed by atoms with Crippen LogP contribution in [0.4, 0.5) is 0 Å². The molecule has 1 aliphatic heterocycles. The molecule has 11 heavy (non-hydrogen) atoms. The molecule has 0 spiro atoms. The minimum absolute atomic E-state index is 0.192. The lowest BCUT2D eigenvalue weighted by Gasteiger charge is -2.09. The smallest absolute Gasteiger partial charge is 0.0589 e. The summed E-state index contributed by atoms with van der Waals surface area (Å²) in [4.78, 5) is 0. The van der Waals surface area contributed by atoms with E-state index in [1.165, 1.54) is 18.4 Å². The molecule has 1 saturated heterocycles. The molecule has 0 aromatic carbocycles. The van der Waals surface area contributed by atoms with Crippen molar-refractivity contribution in [3.63, 3.8) is 0 Å². The molecule has 0 aromatic rings. The lowest BCUT2D eigenvalue weighted by Crippen LogP contribution is -2.35. The third-order valence-electron chi connectivity index (χ3n) is 2.39. The lowest BCUT2D eigenvalue weighted by atomic mass is 10.1. The molecular formula is C9H14N2. The molecule has 2 atom stereocenters. The van der Waals surface area contributed by atoms with Crippen LogP contribution >= 0.6 is 0 Å². The van der Waals surface area contributed by atoms with Crippen molar-refractivity contribution in [2.45, 2.75) is 31.5 Å². The van der Waals surface area contributed by atoms with Gasteiger partial charge in [0.1, 0.15) is 0 Å². The van der Waals surface area contributed by atoms with E-state index in [1.54, 1.807) is 0 Å². The summed E-state index contributed by atoms with van der Waals surface area (Å²) in [5.74, 6) is 0. The average Bonchev–Trinajstić information content (AvgIpc) is 2.17. The Morgan fingerprint density at radius 2 is 2.45 bits per heavy atom. The molecule has 2 rings (SSSR count). The van der Waals surface area contributed by atoms with Gasteiger partial charge < -0.3 is 5.73 Å². The van der Waals surface area contributed by atoms with Gasteiger partial charge in [-0.3, -0.25) is 5.32 Å². The molecule has 2 nitrogen and oxygen atoms in total. The summed E-state index contributed by atoms with van der Waals surface area (Å²) in [6.45, 7) is 0. The summed E-state index contributed by atoms with van der Waals surface area (Å²) in [5.41, 5.74) is 7.25. The van der Waals surface area contributed by atoms with E-state index >= 15 is 0 Å². The zero-order valence-electron chi connectivity index (χ0n) is 6.59. The summed E-state index contributed by atoms with van der Waals surface area (Å²) in [6, 6.07) is 0.556. The molecule has 3 N–H and O–H groups in total. The molecule has 0 radical (unpaired) electrons. The van der Waals surface area contributed by atoms with Crippen LogP contribution in [0.3, 0.4) is 0 Å². The second kappa shape index (κ2) is 2.80. The van der Waals surface area contributed by atoms with Gasteiger partial charge in [-0.25, -0.2) is 0 Å². The van der Waals surface area contributed by atoms with E-state index in [4.69, 9.17) is 5.73 Å². The number of fused-ring (bicyclic) bond motifs is 1. The molecule has 2 aliphatic rings. The van der Waals surface area contributed by atoms with Gasteiger partial charge in [0, 0.05) is 6.04 Å². The molecule has 1 heterocycles. The standard InChI is InChI=1S/C9H14N2/c10-9-6-7-4-2-1-3-5-8(7)11-9/h1-2,4,8-9,11H,3,5-6,10H2. The fourth-order valence-electron chi connectivity index (χ4n) is 1.82. The number of nitrogens with two attached hydrogens (primary N) is 1. The normalized spacial score (nSPS) is 36.3. The molecule has 0 bridgehead atoms. The number of hydrogen-bond donors (Lipinski definition) is 2. The minimum Gasteiger partial charge on any atom is -0.316 e. The molecule has 0 aromatic heterocycles. The predicted octanol–water partition coefficient (Wildman–Crippen LogP) is 0.909. The highest BCUT2D eigenvalue weighted by atomic mass is 15.1. The zero-order chi connectivity index (χ0) is 7.68. The topological polar surface area (TPSA) is 38.0 Å². The van der Waals surface area contributed by atoms with Crippen LogP contribution in [0.1, 0.15) is 19.3 Å². The molecule has 2 unspecified atom stereocenters. The highest BCUT2D eigenvalue weighted by molar-refractivity contribution is 5.25. The largest absolute Gasteiger partial charge is 0.316 e. The minimum atomic E-state index is 0.192. The fourth-order valence-corrected chi connectivity index (χ4v) is 1.82. The first-order chi connectivity index (χ1) is 5.36. The molecule has 60 valence electrons. The summed E-state index contributed by atoms with van der Waals surface area (Å²) < 4.78 is 0. The van der Waals surface area contributed by atoms with E-state index in [1.807, 2.05) is 0 Å². The number of rotatable bonds is 0. The van der Waals surface area contributed by atoms with Gasteiger partial charge in [0.15, 0.2) is 0 Å². The maximum absolute atomic E-state index is 5.77. The Morgan fingerprint density at radius 3 is 3.36 bits per heavy atom. The van der Waals surface area contributed by atoms with Crippen LogP contribution in [-0.2, 0) is 0 Å². The Labute approximate surface area is 67.2 Å². The summed E-state index contributed by atoms with van der Waals surface area (Å²) in [6.07, 6.45) is 10.2. The maximum Gasteiger partial charge on any atom is 0.0589 e. The van der Waals surface area contributed by atoms with Crippen molar-refractivity contribution in [1.29, 1.82) is 0 Å². The highest BCUT2D eigenvalue weighted by Gasteiger charge is 2.25. The van der Waals surface area contributed by atoms with Crippen LogP contribution in [0.25, 0.3) is 0 Å². The third kappa shape index (κ3) is 1.37. The van der Waals surface area contributed by atoms with Gasteiger partial charge in [-0.2, -0.15) is 0 Å². The summed E-state index contributed by atoms with van der Waals surface area (Å²) >= 11 is 0. The van der Waals surface area contributed by atoms with Crippen molar-refractivity contribution < 1.29 is 0 Å². The van der Waals surface area contributed by atoms with Gasteiger partial charge in [-0.05, 0) is 19.3 Å². The van der Waals surface area contributed by atoms with E-state index in [0.29, 0.717) is 6.04 Å². The van der Waals surface area contributed by atoms with Gasteiger partial charge in [0.25, 0.3) is 0 Å². The van der Waals surface area contributed by atoms with Crippen molar-refractivity contribution in [1.82, 2.24) is 5.32 Å². The van der Waals surface area contributed by atoms with Crippen LogP contribution in [0, 0.1) is 0 Å². The third-order valence-corrected chi connectivity index (χ3v) is 2.39. The van der Waals surface area contributed by atoms with E-state index < -0.39 is 0 Å². The van der Waals surface area contributed by atoms with Crippen LogP contribution in [0.2, 0.25) is 0 Å². The Hall–Kier alpha value is -0.600. The van der Waals surface area contributed by atoms with Crippen LogP contribution in [-0.4, -0.2) is 12.2 Å². The van der Waals surface area contributed by atoms with Crippen LogP contribution < -0.4 is 11.1 Å². The first kappa shape index (κ1) is 7.07. The molecule has 1 aliphatic carbocycles. The number of hydrogen-bond acceptors (Lipinski definition) is 2. The van der Waals surface area contributed by atoms with Crippen LogP contribution in [0.5, 0.6) is 0 Å². The van der Waals surface area contributed by atoms with Crippen molar-refractivity contribution in [2.75, 3.05) is 0 Å². The van der Waals surface area contributed by atoms with E-state index in [2.05, 4.69) is 23.5 Å². The first-order valence-corrected chi connectivity index (χ1v) is 4.23. The average molecular weight is 150 g/mol. The van der Waals surface area contributed by atoms with Crippen molar-refractivity contribution in [3.05, 3.63) is 23.8 Å². The van der Waals surface area contributed by atoms with Crippen molar-refractivity contribution >= 4 is 0 Å². The van der Waals surface area contributed by atoms with Gasteiger partial charge in [0.2, 0.25) is 0 Å². The maximum atomic E-state index is 5.77. The van der Waals surface area contributed by atoms with Gasteiger partial charge in [-0.1, -0.05) is 23.8 Å². The lowest BCUT2D eigenvalue weighted by molar-refractivity contribution is 0.540. The SMILES string of the molecule is NC1CC2=CC=CCCC2N1. The van der Waals surface area contributed by atoms with Gasteiger partial charge >= 0.3 is 0 Å². The predicted molar refractivity (Wildman–Crippen MR) is 46.0 cm³/mol. The molecular weight excluding hydrogens is 136 g/mol. The molecule has 2 heteroatoms. The second-order valence-corrected chi connectivity index (χ2v) is 3.28. The van der Waals surface area contributed by atoms with Gasteiger partial charge in [-0.15, -0.1) is 0 Å². The van der Waals surface area contributed by atoms with E-state index in [-0.39, 0.29) is 6.17 Å². The number of nitrogens with one attached hydrogen (secondary N) is 1. The summed E-state index contributed by atoms with van der Waals surface area (Å²) in [7, 11) is 0. The van der Waals surface area contributed by atoms with E-state index in [0.717, 1.165) is 6.42 Å². The fraction of sp³-hybridized carbons (Fsp3) is 0.556. The number of allylic oxidation sites excluding steroid dienone is 3. The monoisotopic (exact) mass is 150 g/mol. The molecule has 1 fully saturated rings. The summed E-state index contributed by atoms with van der Waals surface area (Å²) in [5, 5.41) is 3.37. The van der Waals surface area contributed by atoms with Crippen molar-refractivity contribution in [3.8, 4) is 0 Å². The molecule has 0 amide bonds. The molecule has 0 saturated carbocycles. The van der Waals surface area contributed by atoms with E-state index in [9.17, 15) is 0 Å². The van der Waals surface area contributed by atoms with Crippen molar-refractivity contribution in [2.24, 2.45) is 5.73 Å². The highest BCUT2D eigenvalue weighted by Crippen LogP contribution is 2.23. The second-order valence-electron chi connectivity index (χ2n) is 3.28. The first-order valence-electron chi connectivity index (χ1n) is 4.23. The Morgan fingerprint density at radius 1 is 1.55 bits per heavy atom. The Bertz CT molecular complexity index is 206. The van der Waals surface area contributed by atoms with Gasteiger partial charge in [0.05, 0.1) is 6.17 Å². The quantitative estimate of drug-likeness (QED) is 0.538. The Kier molecular flexibility index (Phi) is 1.80.